The van der Waals surface area contributed by atoms with E-state index < -0.39 is 0 Å². The molecule has 28 heavy (non-hydrogen) atoms. The Labute approximate surface area is 167 Å². The van der Waals surface area contributed by atoms with Crippen molar-refractivity contribution in [2.75, 3.05) is 20.2 Å². The van der Waals surface area contributed by atoms with E-state index in [1.165, 1.54) is 27.6 Å². The van der Waals surface area contributed by atoms with Crippen molar-refractivity contribution in [1.29, 1.82) is 0 Å². The van der Waals surface area contributed by atoms with Crippen molar-refractivity contribution in [1.82, 2.24) is 15.6 Å². The maximum Gasteiger partial charge on any atom is 0.191 e. The summed E-state index contributed by atoms with van der Waals surface area (Å²) in [6.07, 6.45) is 4.06. The first-order valence-electron chi connectivity index (χ1n) is 9.96. The topological polar surface area (TPSA) is 61.4 Å². The SMILES string of the molecule is CCCOCc1ccccc1CNC(=NC)NCCc1c[nH]c2ccccc12. The van der Waals surface area contributed by atoms with E-state index in [2.05, 4.69) is 82.3 Å². The molecule has 0 unspecified atom stereocenters. The fourth-order valence-electron chi connectivity index (χ4n) is 3.25. The number of nitrogens with one attached hydrogen (secondary N) is 3. The Morgan fingerprint density at radius 1 is 1.00 bits per heavy atom. The summed E-state index contributed by atoms with van der Waals surface area (Å²) in [5.74, 6) is 0.809. The molecule has 2 aromatic carbocycles. The van der Waals surface area contributed by atoms with Crippen LogP contribution >= 0.6 is 0 Å². The summed E-state index contributed by atoms with van der Waals surface area (Å²) in [5, 5.41) is 8.10. The van der Waals surface area contributed by atoms with Crippen LogP contribution in [0, 0.1) is 0 Å². The predicted octanol–water partition coefficient (Wildman–Crippen LogP) is 4.00. The van der Waals surface area contributed by atoms with Crippen LogP contribution in [-0.2, 0) is 24.3 Å². The van der Waals surface area contributed by atoms with Crippen LogP contribution in [0.15, 0.2) is 59.7 Å². The third-order valence-corrected chi connectivity index (χ3v) is 4.76. The van der Waals surface area contributed by atoms with Gasteiger partial charge in [-0.25, -0.2) is 0 Å². The molecule has 0 radical (unpaired) electrons. The Bertz CT molecular complexity index is 900. The van der Waals surface area contributed by atoms with Crippen LogP contribution in [0.2, 0.25) is 0 Å². The first-order valence-corrected chi connectivity index (χ1v) is 9.96. The van der Waals surface area contributed by atoms with Crippen LogP contribution in [0.1, 0.15) is 30.0 Å². The molecule has 3 rings (SSSR count). The highest BCUT2D eigenvalue weighted by Gasteiger charge is 2.05. The second-order valence-corrected chi connectivity index (χ2v) is 6.78. The molecule has 1 heterocycles. The molecular formula is C23H30N4O. The van der Waals surface area contributed by atoms with E-state index in [9.17, 15) is 0 Å². The summed E-state index contributed by atoms with van der Waals surface area (Å²) in [6.45, 7) is 5.11. The largest absolute Gasteiger partial charge is 0.377 e. The van der Waals surface area contributed by atoms with Gasteiger partial charge in [-0.15, -0.1) is 0 Å². The number of guanidine groups is 1. The van der Waals surface area contributed by atoms with Crippen molar-refractivity contribution in [2.45, 2.75) is 32.9 Å². The summed E-state index contributed by atoms with van der Waals surface area (Å²) in [5.41, 5.74) is 4.95. The number of benzene rings is 2. The third-order valence-electron chi connectivity index (χ3n) is 4.76. The fraction of sp³-hybridized carbons (Fsp3) is 0.348. The summed E-state index contributed by atoms with van der Waals surface area (Å²) in [7, 11) is 1.80. The standard InChI is InChI=1S/C23H30N4O/c1-3-14-28-17-20-9-5-4-8-18(20)15-27-23(24-2)25-13-12-19-16-26-22-11-7-6-10-21(19)22/h4-11,16,26H,3,12-15,17H2,1-2H3,(H2,24,25,27). The Balaban J connectivity index is 1.50. The van der Waals surface area contributed by atoms with Crippen LogP contribution in [0.4, 0.5) is 0 Å². The number of hydrogen-bond donors (Lipinski definition) is 3. The number of para-hydroxylation sites is 1. The zero-order valence-corrected chi connectivity index (χ0v) is 16.8. The lowest BCUT2D eigenvalue weighted by molar-refractivity contribution is 0.121. The average molecular weight is 379 g/mol. The summed E-state index contributed by atoms with van der Waals surface area (Å²) in [4.78, 5) is 7.67. The van der Waals surface area contributed by atoms with E-state index >= 15 is 0 Å². The number of aliphatic imine (C=N–C) groups is 1. The van der Waals surface area contributed by atoms with Gasteiger partial charge in [0.05, 0.1) is 6.61 Å². The van der Waals surface area contributed by atoms with Crippen LogP contribution in [-0.4, -0.2) is 31.1 Å². The molecule has 5 nitrogen and oxygen atoms in total. The highest BCUT2D eigenvalue weighted by atomic mass is 16.5. The Morgan fingerprint density at radius 2 is 1.79 bits per heavy atom. The van der Waals surface area contributed by atoms with Crippen LogP contribution in [0.3, 0.4) is 0 Å². The molecule has 0 aliphatic rings. The van der Waals surface area contributed by atoms with Gasteiger partial charge in [-0.1, -0.05) is 49.4 Å². The van der Waals surface area contributed by atoms with E-state index in [1.54, 1.807) is 7.05 Å². The first-order chi connectivity index (χ1) is 13.8. The molecule has 0 fully saturated rings. The van der Waals surface area contributed by atoms with Crippen molar-refractivity contribution >= 4 is 16.9 Å². The lowest BCUT2D eigenvalue weighted by Crippen LogP contribution is -2.38. The lowest BCUT2D eigenvalue weighted by Gasteiger charge is -2.14. The van der Waals surface area contributed by atoms with E-state index in [4.69, 9.17) is 4.74 Å². The van der Waals surface area contributed by atoms with Crippen LogP contribution < -0.4 is 10.6 Å². The van der Waals surface area contributed by atoms with Gasteiger partial charge in [0.15, 0.2) is 5.96 Å². The molecule has 1 aromatic heterocycles. The van der Waals surface area contributed by atoms with Crippen molar-refractivity contribution in [3.8, 4) is 0 Å². The molecule has 5 heteroatoms. The molecule has 0 aliphatic heterocycles. The molecular weight excluding hydrogens is 348 g/mol. The van der Waals surface area contributed by atoms with Gasteiger partial charge in [0, 0.05) is 43.8 Å². The minimum atomic E-state index is 0.651. The minimum absolute atomic E-state index is 0.651. The van der Waals surface area contributed by atoms with Gasteiger partial charge in [0.1, 0.15) is 0 Å². The van der Waals surface area contributed by atoms with Crippen LogP contribution in [0.25, 0.3) is 10.9 Å². The number of fused-ring (bicyclic) bond motifs is 1. The second-order valence-electron chi connectivity index (χ2n) is 6.78. The quantitative estimate of drug-likeness (QED) is 0.300. The van der Waals surface area contributed by atoms with Gasteiger partial charge in [0.25, 0.3) is 0 Å². The normalized spacial score (nSPS) is 11.7. The Kier molecular flexibility index (Phi) is 7.50. The van der Waals surface area contributed by atoms with Gasteiger partial charge in [-0.05, 0) is 35.6 Å². The number of hydrogen-bond acceptors (Lipinski definition) is 2. The molecule has 3 aromatic rings. The smallest absolute Gasteiger partial charge is 0.191 e. The minimum Gasteiger partial charge on any atom is -0.377 e. The van der Waals surface area contributed by atoms with E-state index in [-0.39, 0.29) is 0 Å². The molecule has 0 aliphatic carbocycles. The van der Waals surface area contributed by atoms with Gasteiger partial charge < -0.3 is 20.4 Å². The van der Waals surface area contributed by atoms with E-state index in [0.29, 0.717) is 6.61 Å². The number of H-pyrrole nitrogens is 1. The molecule has 0 bridgehead atoms. The molecule has 0 saturated carbocycles. The highest BCUT2D eigenvalue weighted by molar-refractivity contribution is 5.83. The maximum absolute atomic E-state index is 5.71. The average Bonchev–Trinajstić information content (AvgIpc) is 3.15. The number of ether oxygens (including phenoxy) is 1. The second kappa shape index (κ2) is 10.5. The van der Waals surface area contributed by atoms with E-state index in [0.717, 1.165) is 38.5 Å². The number of aromatic amines is 1. The summed E-state index contributed by atoms with van der Waals surface area (Å²) < 4.78 is 5.71. The lowest BCUT2D eigenvalue weighted by atomic mass is 10.1. The summed E-state index contributed by atoms with van der Waals surface area (Å²) in [6, 6.07) is 16.8. The fourth-order valence-corrected chi connectivity index (χ4v) is 3.25. The molecule has 0 saturated heterocycles. The molecule has 0 spiro atoms. The Hall–Kier alpha value is -2.79. The third kappa shape index (κ3) is 5.36. The molecule has 3 N–H and O–H groups in total. The zero-order valence-electron chi connectivity index (χ0n) is 16.8. The Morgan fingerprint density at radius 3 is 2.61 bits per heavy atom. The van der Waals surface area contributed by atoms with Crippen molar-refractivity contribution in [3.05, 3.63) is 71.4 Å². The predicted molar refractivity (Wildman–Crippen MR) is 117 cm³/mol. The number of aromatic nitrogens is 1. The van der Waals surface area contributed by atoms with Gasteiger partial charge in [0.2, 0.25) is 0 Å². The van der Waals surface area contributed by atoms with Crippen molar-refractivity contribution in [3.63, 3.8) is 0 Å². The van der Waals surface area contributed by atoms with Gasteiger partial charge >= 0.3 is 0 Å². The zero-order chi connectivity index (χ0) is 19.6. The molecule has 148 valence electrons. The molecule has 0 amide bonds. The first kappa shape index (κ1) is 20.0. The van der Waals surface area contributed by atoms with E-state index in [1.807, 2.05) is 0 Å². The van der Waals surface area contributed by atoms with Crippen molar-refractivity contribution in [2.24, 2.45) is 4.99 Å². The molecule has 0 atom stereocenters. The van der Waals surface area contributed by atoms with Gasteiger partial charge in [-0.3, -0.25) is 4.99 Å². The number of rotatable bonds is 9. The monoisotopic (exact) mass is 378 g/mol. The van der Waals surface area contributed by atoms with Gasteiger partial charge in [-0.2, -0.15) is 0 Å². The van der Waals surface area contributed by atoms with Crippen molar-refractivity contribution < 1.29 is 4.74 Å². The van der Waals surface area contributed by atoms with Crippen LogP contribution in [0.5, 0.6) is 0 Å². The summed E-state index contributed by atoms with van der Waals surface area (Å²) >= 11 is 0. The maximum atomic E-state index is 5.71. The number of nitrogens with zero attached hydrogens (tertiary/aromatic N) is 1. The highest BCUT2D eigenvalue weighted by Crippen LogP contribution is 2.17.